The second kappa shape index (κ2) is 11.7. The first kappa shape index (κ1) is 23.8. The number of hydrogen-bond donors (Lipinski definition) is 0. The van der Waals surface area contributed by atoms with Gasteiger partial charge < -0.3 is 0 Å². The van der Waals surface area contributed by atoms with Gasteiger partial charge in [-0.3, -0.25) is 0 Å². The summed E-state index contributed by atoms with van der Waals surface area (Å²) in [5, 5.41) is 0. The first-order valence-electron chi connectivity index (χ1n) is 14.2. The maximum absolute atomic E-state index is 2.72. The van der Waals surface area contributed by atoms with Crippen LogP contribution < -0.4 is 0 Å². The van der Waals surface area contributed by atoms with Gasteiger partial charge in [0.2, 0.25) is 0 Å². The Bertz CT molecular complexity index is 696. The van der Waals surface area contributed by atoms with E-state index in [4.69, 9.17) is 0 Å². The molecule has 1 aromatic carbocycles. The Balaban J connectivity index is 1.47. The van der Waals surface area contributed by atoms with Gasteiger partial charge in [0, 0.05) is 11.3 Å². The average molecular weight is 433 g/mol. The Hall–Kier alpha value is -1.30. The van der Waals surface area contributed by atoms with Crippen LogP contribution in [0.5, 0.6) is 0 Å². The SMILES string of the molecule is CCCCCC1CCC(C2(C3CCC(CCC)CC3)C=CC(c3ccccc3)C=C2)CC1. The first-order chi connectivity index (χ1) is 15.7. The van der Waals surface area contributed by atoms with Gasteiger partial charge in [-0.1, -0.05) is 133 Å². The van der Waals surface area contributed by atoms with Gasteiger partial charge in [-0.25, -0.2) is 0 Å². The van der Waals surface area contributed by atoms with Crippen LogP contribution in [-0.4, -0.2) is 0 Å². The fourth-order valence-corrected chi connectivity index (χ4v) is 7.43. The van der Waals surface area contributed by atoms with Gasteiger partial charge in [0.05, 0.1) is 0 Å². The third-order valence-electron chi connectivity index (χ3n) is 9.39. The quantitative estimate of drug-likeness (QED) is 0.269. The fourth-order valence-electron chi connectivity index (χ4n) is 7.43. The van der Waals surface area contributed by atoms with Crippen LogP contribution in [0.4, 0.5) is 0 Å². The smallest absolute Gasteiger partial charge is 0.0199 e. The highest BCUT2D eigenvalue weighted by molar-refractivity contribution is 5.35. The van der Waals surface area contributed by atoms with E-state index in [1.807, 2.05) is 0 Å². The maximum atomic E-state index is 2.72. The van der Waals surface area contributed by atoms with Crippen LogP contribution in [0.2, 0.25) is 0 Å². The summed E-state index contributed by atoms with van der Waals surface area (Å²) in [7, 11) is 0. The summed E-state index contributed by atoms with van der Waals surface area (Å²) in [6.45, 7) is 4.70. The third kappa shape index (κ3) is 5.60. The number of rotatable bonds is 9. The summed E-state index contributed by atoms with van der Waals surface area (Å²) < 4.78 is 0. The lowest BCUT2D eigenvalue weighted by molar-refractivity contribution is 0.0824. The van der Waals surface area contributed by atoms with Crippen molar-refractivity contribution in [2.75, 3.05) is 0 Å². The van der Waals surface area contributed by atoms with E-state index in [0.717, 1.165) is 23.7 Å². The molecule has 0 aliphatic heterocycles. The lowest BCUT2D eigenvalue weighted by Gasteiger charge is -2.49. The predicted octanol–water partition coefficient (Wildman–Crippen LogP) is 9.88. The van der Waals surface area contributed by atoms with Gasteiger partial charge in [0.1, 0.15) is 0 Å². The minimum Gasteiger partial charge on any atom is -0.0771 e. The van der Waals surface area contributed by atoms with Gasteiger partial charge in [0.25, 0.3) is 0 Å². The number of benzene rings is 1. The van der Waals surface area contributed by atoms with Crippen molar-refractivity contribution in [3.63, 3.8) is 0 Å². The van der Waals surface area contributed by atoms with Crippen molar-refractivity contribution < 1.29 is 0 Å². The van der Waals surface area contributed by atoms with E-state index in [9.17, 15) is 0 Å². The topological polar surface area (TPSA) is 0 Å². The molecular weight excluding hydrogens is 384 g/mol. The molecule has 3 aliphatic rings. The van der Waals surface area contributed by atoms with E-state index >= 15 is 0 Å². The molecule has 0 N–H and O–H groups in total. The average Bonchev–Trinajstić information content (AvgIpc) is 2.86. The third-order valence-corrected chi connectivity index (χ3v) is 9.39. The molecular formula is C32H48. The molecule has 0 heterocycles. The molecule has 0 aromatic heterocycles. The Morgan fingerprint density at radius 1 is 0.656 bits per heavy atom. The summed E-state index contributed by atoms with van der Waals surface area (Å²) in [5.41, 5.74) is 1.77. The Kier molecular flexibility index (Phi) is 8.73. The molecule has 0 atom stereocenters. The standard InChI is InChI=1S/C32H48/c1-3-5-7-11-27-16-20-31(21-17-27)32(30-18-14-26(10-4-2)15-19-30)24-22-29(23-25-32)28-12-8-6-9-13-28/h6,8-9,12-13,22-27,29-31H,3-5,7,10-11,14-21H2,1-2H3. The minimum atomic E-state index is 0.330. The zero-order valence-electron chi connectivity index (χ0n) is 21.0. The Morgan fingerprint density at radius 2 is 1.22 bits per heavy atom. The summed E-state index contributed by atoms with van der Waals surface area (Å²) in [4.78, 5) is 0. The lowest BCUT2D eigenvalue weighted by atomic mass is 9.55. The zero-order chi connectivity index (χ0) is 22.2. The highest BCUT2D eigenvalue weighted by Gasteiger charge is 2.44. The van der Waals surface area contributed by atoms with E-state index in [1.165, 1.54) is 95.5 Å². The molecule has 1 aromatic rings. The van der Waals surface area contributed by atoms with Crippen molar-refractivity contribution in [1.82, 2.24) is 0 Å². The van der Waals surface area contributed by atoms with Crippen molar-refractivity contribution in [3.05, 3.63) is 60.2 Å². The van der Waals surface area contributed by atoms with Gasteiger partial charge >= 0.3 is 0 Å². The fraction of sp³-hybridized carbons (Fsp3) is 0.688. The number of allylic oxidation sites excluding steroid dienone is 4. The zero-order valence-corrected chi connectivity index (χ0v) is 21.0. The summed E-state index contributed by atoms with van der Waals surface area (Å²) in [5.74, 6) is 4.19. The van der Waals surface area contributed by atoms with Crippen molar-refractivity contribution in [2.24, 2.45) is 29.1 Å². The monoisotopic (exact) mass is 432 g/mol. The molecule has 3 aliphatic carbocycles. The Morgan fingerprint density at radius 3 is 1.75 bits per heavy atom. The van der Waals surface area contributed by atoms with E-state index in [1.54, 1.807) is 0 Å². The van der Waals surface area contributed by atoms with Crippen LogP contribution in [0.25, 0.3) is 0 Å². The van der Waals surface area contributed by atoms with E-state index in [-0.39, 0.29) is 0 Å². The van der Waals surface area contributed by atoms with Crippen molar-refractivity contribution in [2.45, 2.75) is 110 Å². The Labute approximate surface area is 199 Å². The lowest BCUT2D eigenvalue weighted by Crippen LogP contribution is -2.40. The predicted molar refractivity (Wildman–Crippen MR) is 140 cm³/mol. The summed E-state index contributed by atoms with van der Waals surface area (Å²) in [6, 6.07) is 11.1. The molecule has 0 nitrogen and oxygen atoms in total. The van der Waals surface area contributed by atoms with E-state index in [0.29, 0.717) is 11.3 Å². The summed E-state index contributed by atoms with van der Waals surface area (Å²) >= 11 is 0. The molecule has 2 fully saturated rings. The van der Waals surface area contributed by atoms with Crippen molar-refractivity contribution in [3.8, 4) is 0 Å². The molecule has 0 saturated heterocycles. The van der Waals surface area contributed by atoms with Crippen LogP contribution in [0.15, 0.2) is 54.6 Å². The number of hydrogen-bond acceptors (Lipinski definition) is 0. The van der Waals surface area contributed by atoms with E-state index < -0.39 is 0 Å². The highest BCUT2D eigenvalue weighted by Crippen LogP contribution is 2.54. The molecule has 0 radical (unpaired) electrons. The molecule has 4 rings (SSSR count). The molecule has 176 valence electrons. The van der Waals surface area contributed by atoms with E-state index in [2.05, 4.69) is 68.5 Å². The molecule has 32 heavy (non-hydrogen) atoms. The molecule has 0 bridgehead atoms. The number of unbranched alkanes of at least 4 members (excludes halogenated alkanes) is 2. The normalized spacial score (nSPS) is 35.1. The van der Waals surface area contributed by atoms with Crippen molar-refractivity contribution >= 4 is 0 Å². The molecule has 0 spiro atoms. The van der Waals surface area contributed by atoms with Crippen LogP contribution in [-0.2, 0) is 0 Å². The summed E-state index contributed by atoms with van der Waals surface area (Å²) in [6.07, 6.45) is 30.8. The van der Waals surface area contributed by atoms with Gasteiger partial charge in [-0.2, -0.15) is 0 Å². The maximum Gasteiger partial charge on any atom is 0.0199 e. The van der Waals surface area contributed by atoms with Crippen LogP contribution in [0.1, 0.15) is 115 Å². The van der Waals surface area contributed by atoms with Crippen LogP contribution in [0.3, 0.4) is 0 Å². The molecule has 0 heteroatoms. The van der Waals surface area contributed by atoms with Gasteiger partial charge in [-0.15, -0.1) is 0 Å². The highest BCUT2D eigenvalue weighted by atomic mass is 14.5. The first-order valence-corrected chi connectivity index (χ1v) is 14.2. The molecule has 0 unspecified atom stereocenters. The van der Waals surface area contributed by atoms with Crippen molar-refractivity contribution in [1.29, 1.82) is 0 Å². The second-order valence-electron chi connectivity index (χ2n) is 11.4. The van der Waals surface area contributed by atoms with Crippen LogP contribution >= 0.6 is 0 Å². The van der Waals surface area contributed by atoms with Gasteiger partial charge in [0.15, 0.2) is 0 Å². The molecule has 0 amide bonds. The molecule has 2 saturated carbocycles. The largest absolute Gasteiger partial charge is 0.0771 e. The van der Waals surface area contributed by atoms with Crippen LogP contribution in [0, 0.1) is 29.1 Å². The second-order valence-corrected chi connectivity index (χ2v) is 11.4. The minimum absolute atomic E-state index is 0.330. The van der Waals surface area contributed by atoms with Gasteiger partial charge in [-0.05, 0) is 54.9 Å².